The molecule has 2 aromatic carbocycles. The van der Waals surface area contributed by atoms with Gasteiger partial charge in [0.05, 0.1) is 11.2 Å². The van der Waals surface area contributed by atoms with Crippen LogP contribution in [0.3, 0.4) is 0 Å². The molecule has 3 N–H and O–H groups in total. The molecule has 0 radical (unpaired) electrons. The maximum atomic E-state index is 13.0. The van der Waals surface area contributed by atoms with Crippen LogP contribution < -0.4 is 15.5 Å². The summed E-state index contributed by atoms with van der Waals surface area (Å²) < 4.78 is 39.0. The number of nitrogens with zero attached hydrogens (tertiary/aromatic N) is 2. The Hall–Kier alpha value is -3.10. The van der Waals surface area contributed by atoms with Gasteiger partial charge in [0.2, 0.25) is 0 Å². The number of pyridine rings is 1. The second kappa shape index (κ2) is 12.4. The minimum atomic E-state index is -4.32. The van der Waals surface area contributed by atoms with E-state index in [1.165, 1.54) is 18.6 Å². The predicted molar refractivity (Wildman–Crippen MR) is 159 cm³/mol. The molecule has 0 amide bonds. The van der Waals surface area contributed by atoms with E-state index in [2.05, 4.69) is 38.7 Å². The van der Waals surface area contributed by atoms with Crippen LogP contribution >= 0.6 is 0 Å². The highest BCUT2D eigenvalue weighted by Crippen LogP contribution is 2.32. The highest BCUT2D eigenvalue weighted by Gasteiger charge is 2.32. The van der Waals surface area contributed by atoms with Crippen molar-refractivity contribution in [2.24, 2.45) is 0 Å². The summed E-state index contributed by atoms with van der Waals surface area (Å²) in [5, 5.41) is 17.9. The molecule has 2 heterocycles. The summed E-state index contributed by atoms with van der Waals surface area (Å²) in [4.78, 5) is 6.83. The normalized spacial score (nSPS) is 22.0. The molecule has 2 aliphatic rings. The summed E-state index contributed by atoms with van der Waals surface area (Å²) in [5.41, 5.74) is 2.75. The van der Waals surface area contributed by atoms with Crippen molar-refractivity contribution in [3.05, 3.63) is 78.0 Å². The van der Waals surface area contributed by atoms with Crippen LogP contribution in [0.25, 0.3) is 11.1 Å². The Morgan fingerprint density at radius 2 is 1.63 bits per heavy atom. The number of aliphatic hydroxyl groups is 1. The molecule has 1 aliphatic heterocycles. The van der Waals surface area contributed by atoms with Gasteiger partial charge in [0.15, 0.2) is 0 Å². The van der Waals surface area contributed by atoms with Gasteiger partial charge in [-0.05, 0) is 92.6 Å². The summed E-state index contributed by atoms with van der Waals surface area (Å²) in [6.07, 6.45) is 4.63. The van der Waals surface area contributed by atoms with E-state index >= 15 is 0 Å². The molecular formula is C33H41F3N4O. The molecule has 0 unspecified atom stereocenters. The van der Waals surface area contributed by atoms with E-state index in [0.29, 0.717) is 12.5 Å². The molecule has 41 heavy (non-hydrogen) atoms. The van der Waals surface area contributed by atoms with E-state index in [1.807, 2.05) is 38.2 Å². The van der Waals surface area contributed by atoms with Crippen molar-refractivity contribution in [1.82, 2.24) is 10.3 Å². The minimum absolute atomic E-state index is 0.245. The van der Waals surface area contributed by atoms with Gasteiger partial charge in [-0.15, -0.1) is 0 Å². The first-order chi connectivity index (χ1) is 19.5. The van der Waals surface area contributed by atoms with Gasteiger partial charge in [0.25, 0.3) is 0 Å². The Morgan fingerprint density at radius 3 is 2.37 bits per heavy atom. The van der Waals surface area contributed by atoms with E-state index in [-0.39, 0.29) is 12.1 Å². The zero-order chi connectivity index (χ0) is 29.0. The first kappa shape index (κ1) is 29.4. The molecule has 3 atom stereocenters. The summed E-state index contributed by atoms with van der Waals surface area (Å²) >= 11 is 0. The van der Waals surface area contributed by atoms with Crippen molar-refractivity contribution in [2.45, 2.75) is 88.7 Å². The molecule has 5 rings (SSSR count). The van der Waals surface area contributed by atoms with Crippen LogP contribution in [0.4, 0.5) is 24.7 Å². The molecule has 5 nitrogen and oxygen atoms in total. The van der Waals surface area contributed by atoms with Gasteiger partial charge < -0.3 is 20.6 Å². The van der Waals surface area contributed by atoms with Crippen molar-refractivity contribution < 1.29 is 18.3 Å². The highest BCUT2D eigenvalue weighted by atomic mass is 19.4. The van der Waals surface area contributed by atoms with Crippen LogP contribution in [-0.4, -0.2) is 46.9 Å². The number of aromatic nitrogens is 1. The third kappa shape index (κ3) is 8.01. The Bertz CT molecular complexity index is 1290. The lowest BCUT2D eigenvalue weighted by Gasteiger charge is -2.40. The molecular weight excluding hydrogens is 525 g/mol. The van der Waals surface area contributed by atoms with Crippen molar-refractivity contribution in [3.63, 3.8) is 0 Å². The van der Waals surface area contributed by atoms with Gasteiger partial charge in [-0.1, -0.05) is 37.1 Å². The second-order valence-corrected chi connectivity index (χ2v) is 12.3. The lowest BCUT2D eigenvalue weighted by atomic mass is 9.89. The standard InChI is InChI=1S/C33H41F3N4O/c1-32(2,41)21-23-7-5-8-24(19-23)25-16-17-37-31(20-25)39-30-11-4-3-10-29(30)38-27-9-6-18-40(22-27)28-14-12-26(13-15-28)33(34,35)36/h5,7-8,12-17,19-20,27,29-30,38,41H,3-4,6,9-11,18,21-22H2,1-2H3,(H,37,39)/t27-,29+,30+/m0/s1. The summed E-state index contributed by atoms with van der Waals surface area (Å²) in [7, 11) is 0. The third-order valence-electron chi connectivity index (χ3n) is 8.19. The minimum Gasteiger partial charge on any atom is -0.390 e. The third-order valence-corrected chi connectivity index (χ3v) is 8.19. The van der Waals surface area contributed by atoms with Crippen LogP contribution in [-0.2, 0) is 12.6 Å². The molecule has 1 aliphatic carbocycles. The number of benzene rings is 2. The van der Waals surface area contributed by atoms with Crippen LogP contribution in [0, 0.1) is 0 Å². The molecule has 8 heteroatoms. The maximum Gasteiger partial charge on any atom is 0.416 e. The van der Waals surface area contributed by atoms with E-state index in [0.717, 1.165) is 73.4 Å². The van der Waals surface area contributed by atoms with Crippen molar-refractivity contribution >= 4 is 11.5 Å². The first-order valence-corrected chi connectivity index (χ1v) is 14.8. The fourth-order valence-electron chi connectivity index (χ4n) is 6.25. The number of hydrogen-bond donors (Lipinski definition) is 3. The number of halogens is 3. The van der Waals surface area contributed by atoms with Crippen molar-refractivity contribution in [1.29, 1.82) is 0 Å². The van der Waals surface area contributed by atoms with Gasteiger partial charge in [-0.3, -0.25) is 0 Å². The molecule has 0 bridgehead atoms. The Labute approximate surface area is 241 Å². The Kier molecular flexibility index (Phi) is 8.90. The average Bonchev–Trinajstić information content (AvgIpc) is 2.93. The topological polar surface area (TPSA) is 60.4 Å². The predicted octanol–water partition coefficient (Wildman–Crippen LogP) is 7.06. The maximum absolute atomic E-state index is 13.0. The zero-order valence-corrected chi connectivity index (χ0v) is 23.9. The van der Waals surface area contributed by atoms with E-state index < -0.39 is 17.3 Å². The number of rotatable bonds is 8. The van der Waals surface area contributed by atoms with Crippen LogP contribution in [0.1, 0.15) is 63.5 Å². The van der Waals surface area contributed by atoms with Crippen LogP contribution in [0.15, 0.2) is 66.9 Å². The smallest absolute Gasteiger partial charge is 0.390 e. The molecule has 1 aromatic heterocycles. The van der Waals surface area contributed by atoms with E-state index in [9.17, 15) is 18.3 Å². The van der Waals surface area contributed by atoms with Crippen molar-refractivity contribution in [2.75, 3.05) is 23.3 Å². The number of anilines is 2. The average molecular weight is 567 g/mol. The van der Waals surface area contributed by atoms with Gasteiger partial charge >= 0.3 is 6.18 Å². The molecule has 1 saturated carbocycles. The number of piperidine rings is 1. The molecule has 1 saturated heterocycles. The van der Waals surface area contributed by atoms with Gasteiger partial charge in [0, 0.05) is 49.5 Å². The number of alkyl halides is 3. The van der Waals surface area contributed by atoms with Crippen LogP contribution in [0.5, 0.6) is 0 Å². The summed E-state index contributed by atoms with van der Waals surface area (Å²) in [6.45, 7) is 5.28. The highest BCUT2D eigenvalue weighted by molar-refractivity contribution is 5.67. The second-order valence-electron chi connectivity index (χ2n) is 12.3. The SMILES string of the molecule is CC(C)(O)Cc1cccc(-c2ccnc(N[C@@H]3CCCC[C@H]3N[C@H]3CCCN(c4ccc(C(F)(F)F)cc4)C3)c2)c1. The Balaban J connectivity index is 1.23. The van der Waals surface area contributed by atoms with Crippen molar-refractivity contribution in [3.8, 4) is 11.1 Å². The largest absolute Gasteiger partial charge is 0.416 e. The lowest BCUT2D eigenvalue weighted by molar-refractivity contribution is -0.137. The zero-order valence-electron chi connectivity index (χ0n) is 23.9. The summed E-state index contributed by atoms with van der Waals surface area (Å²) in [5.74, 6) is 0.851. The van der Waals surface area contributed by atoms with Gasteiger partial charge in [-0.2, -0.15) is 13.2 Å². The fraction of sp³-hybridized carbons (Fsp3) is 0.485. The fourth-order valence-corrected chi connectivity index (χ4v) is 6.25. The van der Waals surface area contributed by atoms with Gasteiger partial charge in [0.1, 0.15) is 5.82 Å². The molecule has 2 fully saturated rings. The van der Waals surface area contributed by atoms with Gasteiger partial charge in [-0.25, -0.2) is 4.98 Å². The summed E-state index contributed by atoms with van der Waals surface area (Å²) in [6, 6.07) is 18.8. The molecule has 220 valence electrons. The molecule has 3 aromatic rings. The van der Waals surface area contributed by atoms with Crippen LogP contribution in [0.2, 0.25) is 0 Å². The van der Waals surface area contributed by atoms with E-state index in [4.69, 9.17) is 0 Å². The van der Waals surface area contributed by atoms with E-state index in [1.54, 1.807) is 12.1 Å². The first-order valence-electron chi connectivity index (χ1n) is 14.8. The Morgan fingerprint density at radius 1 is 0.902 bits per heavy atom. The monoisotopic (exact) mass is 566 g/mol. The number of hydrogen-bond acceptors (Lipinski definition) is 5. The lowest BCUT2D eigenvalue weighted by Crippen LogP contribution is -2.55. The quantitative estimate of drug-likeness (QED) is 0.273. The molecule has 0 spiro atoms. The number of nitrogens with one attached hydrogen (secondary N) is 2.